The zero-order valence-corrected chi connectivity index (χ0v) is 19.0. The second-order valence-electron chi connectivity index (χ2n) is 8.45. The number of hydrogen-bond acceptors (Lipinski definition) is 5. The van der Waals surface area contributed by atoms with Gasteiger partial charge in [-0.2, -0.15) is 0 Å². The van der Waals surface area contributed by atoms with Gasteiger partial charge in [-0.3, -0.25) is 9.69 Å². The van der Waals surface area contributed by atoms with E-state index in [1.807, 2.05) is 31.2 Å². The minimum Gasteiger partial charge on any atom is -0.497 e. The molecule has 1 fully saturated rings. The fourth-order valence-corrected chi connectivity index (χ4v) is 4.20. The maximum Gasteiger partial charge on any atom is 0.259 e. The number of nitrogens with one attached hydrogen (secondary N) is 1. The highest BCUT2D eigenvalue weighted by molar-refractivity contribution is 6.04. The first-order chi connectivity index (χ1) is 15.5. The molecule has 1 aliphatic heterocycles. The first kappa shape index (κ1) is 22.0. The number of aromatic nitrogens is 2. The number of carbonyl (C=O) groups is 1. The number of piperidine rings is 1. The number of rotatable bonds is 6. The molecule has 2 heterocycles. The first-order valence-corrected chi connectivity index (χ1v) is 11.1. The van der Waals surface area contributed by atoms with Gasteiger partial charge in [-0.25, -0.2) is 9.97 Å². The molecule has 32 heavy (non-hydrogen) atoms. The number of hydrogen-bond donors (Lipinski definition) is 1. The van der Waals surface area contributed by atoms with Crippen LogP contribution in [0, 0.1) is 13.8 Å². The van der Waals surface area contributed by atoms with E-state index >= 15 is 0 Å². The summed E-state index contributed by atoms with van der Waals surface area (Å²) < 4.78 is 5.15. The Bertz CT molecular complexity index is 1070. The van der Waals surface area contributed by atoms with E-state index in [-0.39, 0.29) is 5.91 Å². The van der Waals surface area contributed by atoms with Crippen LogP contribution in [0.3, 0.4) is 0 Å². The minimum atomic E-state index is -0.202. The van der Waals surface area contributed by atoms with Crippen LogP contribution in [0.4, 0.5) is 5.69 Å². The molecule has 0 saturated carbocycles. The molecule has 6 heteroatoms. The lowest BCUT2D eigenvalue weighted by Crippen LogP contribution is -2.33. The minimum absolute atomic E-state index is 0.202. The molecule has 0 radical (unpaired) electrons. The predicted molar refractivity (Wildman–Crippen MR) is 126 cm³/mol. The maximum atomic E-state index is 12.7. The van der Waals surface area contributed by atoms with Gasteiger partial charge in [0.1, 0.15) is 11.6 Å². The van der Waals surface area contributed by atoms with Gasteiger partial charge in [0.2, 0.25) is 0 Å². The van der Waals surface area contributed by atoms with Crippen molar-refractivity contribution < 1.29 is 9.53 Å². The van der Waals surface area contributed by atoms with Crippen LogP contribution in [-0.2, 0) is 6.54 Å². The molecule has 1 aromatic heterocycles. The number of amides is 1. The molecule has 1 N–H and O–H groups in total. The predicted octanol–water partition coefficient (Wildman–Crippen LogP) is 4.73. The highest BCUT2D eigenvalue weighted by Gasteiger charge is 2.24. The van der Waals surface area contributed by atoms with Gasteiger partial charge < -0.3 is 10.1 Å². The van der Waals surface area contributed by atoms with E-state index in [9.17, 15) is 4.79 Å². The van der Waals surface area contributed by atoms with Gasteiger partial charge in [-0.15, -0.1) is 0 Å². The Labute approximate surface area is 189 Å². The lowest BCUT2D eigenvalue weighted by molar-refractivity contribution is 0.102. The average Bonchev–Trinajstić information content (AvgIpc) is 2.80. The summed E-state index contributed by atoms with van der Waals surface area (Å²) in [5.74, 6) is 1.73. The van der Waals surface area contributed by atoms with E-state index in [1.165, 1.54) is 11.1 Å². The topological polar surface area (TPSA) is 67.3 Å². The Morgan fingerprint density at radius 2 is 1.88 bits per heavy atom. The molecule has 6 nitrogen and oxygen atoms in total. The quantitative estimate of drug-likeness (QED) is 0.612. The summed E-state index contributed by atoms with van der Waals surface area (Å²) >= 11 is 0. The van der Waals surface area contributed by atoms with Crippen molar-refractivity contribution >= 4 is 11.6 Å². The van der Waals surface area contributed by atoms with Gasteiger partial charge in [-0.1, -0.05) is 29.8 Å². The Morgan fingerprint density at radius 1 is 1.12 bits per heavy atom. The Morgan fingerprint density at radius 3 is 2.53 bits per heavy atom. The fraction of sp³-hybridized carbons (Fsp3) is 0.346. The highest BCUT2D eigenvalue weighted by Crippen LogP contribution is 2.27. The van der Waals surface area contributed by atoms with Gasteiger partial charge in [0, 0.05) is 24.3 Å². The van der Waals surface area contributed by atoms with Crippen LogP contribution in [0.1, 0.15) is 51.8 Å². The SMILES string of the molecule is COc1ccc(NC(=O)c2cnc(C3CCN(Cc4cccc(C)c4)CC3)nc2C)cc1. The summed E-state index contributed by atoms with van der Waals surface area (Å²) in [5.41, 5.74) is 4.59. The van der Waals surface area contributed by atoms with E-state index < -0.39 is 0 Å². The van der Waals surface area contributed by atoms with Crippen molar-refractivity contribution in [3.63, 3.8) is 0 Å². The smallest absolute Gasteiger partial charge is 0.259 e. The third kappa shape index (κ3) is 5.32. The van der Waals surface area contributed by atoms with Crippen molar-refractivity contribution in [2.75, 3.05) is 25.5 Å². The van der Waals surface area contributed by atoms with Crippen LogP contribution in [-0.4, -0.2) is 41.0 Å². The molecule has 1 aliphatic rings. The summed E-state index contributed by atoms with van der Waals surface area (Å²) in [6.45, 7) is 7.05. The number of benzene rings is 2. The van der Waals surface area contributed by atoms with Crippen molar-refractivity contribution in [2.45, 2.75) is 39.2 Å². The number of likely N-dealkylation sites (tertiary alicyclic amines) is 1. The van der Waals surface area contributed by atoms with Crippen LogP contribution < -0.4 is 10.1 Å². The average molecular weight is 431 g/mol. The van der Waals surface area contributed by atoms with Gasteiger partial charge in [0.05, 0.1) is 18.4 Å². The summed E-state index contributed by atoms with van der Waals surface area (Å²) in [7, 11) is 1.61. The van der Waals surface area contributed by atoms with E-state index in [4.69, 9.17) is 9.72 Å². The van der Waals surface area contributed by atoms with Crippen molar-refractivity contribution in [2.24, 2.45) is 0 Å². The Hall–Kier alpha value is -3.25. The van der Waals surface area contributed by atoms with Gasteiger partial charge >= 0.3 is 0 Å². The summed E-state index contributed by atoms with van der Waals surface area (Å²) in [6, 6.07) is 16.0. The third-order valence-electron chi connectivity index (χ3n) is 6.03. The van der Waals surface area contributed by atoms with Crippen LogP contribution in [0.15, 0.2) is 54.7 Å². The molecule has 0 aliphatic carbocycles. The number of methoxy groups -OCH3 is 1. The van der Waals surface area contributed by atoms with E-state index in [1.54, 1.807) is 13.3 Å². The summed E-state index contributed by atoms with van der Waals surface area (Å²) in [5, 5.41) is 2.90. The number of carbonyl (C=O) groups excluding carboxylic acids is 1. The van der Waals surface area contributed by atoms with Crippen LogP contribution in [0.2, 0.25) is 0 Å². The zero-order valence-electron chi connectivity index (χ0n) is 19.0. The zero-order chi connectivity index (χ0) is 22.5. The van der Waals surface area contributed by atoms with E-state index in [0.29, 0.717) is 22.9 Å². The largest absolute Gasteiger partial charge is 0.497 e. The molecule has 3 aromatic rings. The van der Waals surface area contributed by atoms with Crippen molar-refractivity contribution in [3.05, 3.63) is 82.9 Å². The van der Waals surface area contributed by atoms with Crippen molar-refractivity contribution in [3.8, 4) is 5.75 Å². The maximum absolute atomic E-state index is 12.7. The normalized spacial score (nSPS) is 14.8. The second-order valence-corrected chi connectivity index (χ2v) is 8.45. The molecule has 2 aromatic carbocycles. The number of ether oxygens (including phenoxy) is 1. The standard InChI is InChI=1S/C26H30N4O2/c1-18-5-4-6-20(15-18)17-30-13-11-21(12-14-30)25-27-16-24(19(2)28-25)26(31)29-22-7-9-23(32-3)10-8-22/h4-10,15-16,21H,11-14,17H2,1-3H3,(H,29,31). The highest BCUT2D eigenvalue weighted by atomic mass is 16.5. The van der Waals surface area contributed by atoms with Crippen molar-refractivity contribution in [1.29, 1.82) is 0 Å². The molecular formula is C26H30N4O2. The second kappa shape index (κ2) is 9.92. The van der Waals surface area contributed by atoms with E-state index in [2.05, 4.69) is 46.4 Å². The number of nitrogens with zero attached hydrogens (tertiary/aromatic N) is 3. The molecule has 0 unspecified atom stereocenters. The molecule has 1 saturated heterocycles. The molecule has 166 valence electrons. The molecule has 4 rings (SSSR count). The lowest BCUT2D eigenvalue weighted by atomic mass is 9.95. The number of anilines is 1. The van der Waals surface area contributed by atoms with E-state index in [0.717, 1.165) is 44.0 Å². The third-order valence-corrected chi connectivity index (χ3v) is 6.03. The van der Waals surface area contributed by atoms with Gasteiger partial charge in [-0.05, 0) is 69.6 Å². The molecule has 0 bridgehead atoms. The van der Waals surface area contributed by atoms with Gasteiger partial charge in [0.15, 0.2) is 0 Å². The Kier molecular flexibility index (Phi) is 6.81. The van der Waals surface area contributed by atoms with Crippen molar-refractivity contribution in [1.82, 2.24) is 14.9 Å². The van der Waals surface area contributed by atoms with Crippen LogP contribution in [0.25, 0.3) is 0 Å². The number of aryl methyl sites for hydroxylation is 2. The van der Waals surface area contributed by atoms with Crippen LogP contribution in [0.5, 0.6) is 5.75 Å². The molecular weight excluding hydrogens is 400 g/mol. The van der Waals surface area contributed by atoms with Crippen LogP contribution >= 0.6 is 0 Å². The monoisotopic (exact) mass is 430 g/mol. The summed E-state index contributed by atoms with van der Waals surface area (Å²) in [4.78, 5) is 24.4. The van der Waals surface area contributed by atoms with Gasteiger partial charge in [0.25, 0.3) is 5.91 Å². The lowest BCUT2D eigenvalue weighted by Gasteiger charge is -2.31. The molecule has 0 spiro atoms. The first-order valence-electron chi connectivity index (χ1n) is 11.1. The summed E-state index contributed by atoms with van der Waals surface area (Å²) in [6.07, 6.45) is 3.72. The fourth-order valence-electron chi connectivity index (χ4n) is 4.20. The molecule has 1 amide bonds. The Balaban J connectivity index is 1.35. The molecule has 0 atom stereocenters.